The van der Waals surface area contributed by atoms with Crippen LogP contribution in [-0.2, 0) is 0 Å². The number of rotatable bonds is 5. The SMILES string of the molecule is CCC(C)Oc1ccc(C(=O)N2CCC(C(C)N)CC2)cc1. The van der Waals surface area contributed by atoms with E-state index in [1.165, 1.54) is 0 Å². The number of carbonyl (C=O) groups is 1. The van der Waals surface area contributed by atoms with Crippen molar-refractivity contribution in [3.8, 4) is 5.75 Å². The fraction of sp³-hybridized carbons (Fsp3) is 0.611. The predicted molar refractivity (Wildman–Crippen MR) is 89.1 cm³/mol. The van der Waals surface area contributed by atoms with Crippen LogP contribution in [-0.4, -0.2) is 36.0 Å². The average Bonchev–Trinajstić information content (AvgIpc) is 2.55. The molecular formula is C18H28N2O2. The number of piperidine rings is 1. The highest BCUT2D eigenvalue weighted by atomic mass is 16.5. The number of amides is 1. The Morgan fingerprint density at radius 2 is 1.86 bits per heavy atom. The first-order chi connectivity index (χ1) is 10.5. The highest BCUT2D eigenvalue weighted by Gasteiger charge is 2.25. The molecule has 2 N–H and O–H groups in total. The second kappa shape index (κ2) is 7.63. The van der Waals surface area contributed by atoms with E-state index in [4.69, 9.17) is 10.5 Å². The minimum absolute atomic E-state index is 0.109. The van der Waals surface area contributed by atoms with Crippen LogP contribution in [0.15, 0.2) is 24.3 Å². The van der Waals surface area contributed by atoms with Crippen molar-refractivity contribution in [2.75, 3.05) is 13.1 Å². The van der Waals surface area contributed by atoms with Crippen molar-refractivity contribution in [3.63, 3.8) is 0 Å². The molecule has 0 spiro atoms. The molecule has 1 heterocycles. The molecule has 0 aromatic heterocycles. The minimum atomic E-state index is 0.109. The normalized spacial score (nSPS) is 18.8. The summed E-state index contributed by atoms with van der Waals surface area (Å²) in [6.45, 7) is 7.79. The second-order valence-electron chi connectivity index (χ2n) is 6.35. The molecule has 4 nitrogen and oxygen atoms in total. The summed E-state index contributed by atoms with van der Waals surface area (Å²) in [6.07, 6.45) is 3.16. The van der Waals surface area contributed by atoms with Gasteiger partial charge < -0.3 is 15.4 Å². The van der Waals surface area contributed by atoms with Gasteiger partial charge in [0.25, 0.3) is 5.91 Å². The van der Waals surface area contributed by atoms with Gasteiger partial charge in [-0.2, -0.15) is 0 Å². The molecule has 1 saturated heterocycles. The fourth-order valence-electron chi connectivity index (χ4n) is 2.80. The number of hydrogen-bond donors (Lipinski definition) is 1. The molecule has 22 heavy (non-hydrogen) atoms. The van der Waals surface area contributed by atoms with E-state index in [9.17, 15) is 4.79 Å². The second-order valence-corrected chi connectivity index (χ2v) is 6.35. The molecule has 1 aliphatic heterocycles. The first kappa shape index (κ1) is 16.8. The third-order valence-corrected chi connectivity index (χ3v) is 4.58. The number of nitrogens with zero attached hydrogens (tertiary/aromatic N) is 1. The van der Waals surface area contributed by atoms with E-state index < -0.39 is 0 Å². The van der Waals surface area contributed by atoms with Gasteiger partial charge in [0.1, 0.15) is 5.75 Å². The van der Waals surface area contributed by atoms with Crippen molar-refractivity contribution in [1.82, 2.24) is 4.90 Å². The lowest BCUT2D eigenvalue weighted by Crippen LogP contribution is -2.42. The van der Waals surface area contributed by atoms with Gasteiger partial charge in [0, 0.05) is 24.7 Å². The maximum Gasteiger partial charge on any atom is 0.253 e. The number of benzene rings is 1. The van der Waals surface area contributed by atoms with E-state index >= 15 is 0 Å². The zero-order chi connectivity index (χ0) is 16.1. The lowest BCUT2D eigenvalue weighted by atomic mass is 9.90. The summed E-state index contributed by atoms with van der Waals surface area (Å²) in [4.78, 5) is 14.5. The summed E-state index contributed by atoms with van der Waals surface area (Å²) >= 11 is 0. The van der Waals surface area contributed by atoms with E-state index in [1.54, 1.807) is 0 Å². The van der Waals surface area contributed by atoms with Gasteiger partial charge in [-0.1, -0.05) is 6.92 Å². The van der Waals surface area contributed by atoms with E-state index in [0.717, 1.165) is 43.7 Å². The van der Waals surface area contributed by atoms with Gasteiger partial charge in [-0.15, -0.1) is 0 Å². The topological polar surface area (TPSA) is 55.6 Å². The molecule has 1 aromatic carbocycles. The van der Waals surface area contributed by atoms with E-state index in [0.29, 0.717) is 5.92 Å². The van der Waals surface area contributed by atoms with E-state index in [1.807, 2.05) is 36.1 Å². The Labute approximate surface area is 133 Å². The van der Waals surface area contributed by atoms with Crippen LogP contribution in [0.4, 0.5) is 0 Å². The lowest BCUT2D eigenvalue weighted by Gasteiger charge is -2.33. The van der Waals surface area contributed by atoms with Crippen molar-refractivity contribution >= 4 is 5.91 Å². The van der Waals surface area contributed by atoms with Crippen molar-refractivity contribution in [3.05, 3.63) is 29.8 Å². The van der Waals surface area contributed by atoms with Gasteiger partial charge in [0.15, 0.2) is 0 Å². The smallest absolute Gasteiger partial charge is 0.253 e. The van der Waals surface area contributed by atoms with Gasteiger partial charge >= 0.3 is 0 Å². The highest BCUT2D eigenvalue weighted by molar-refractivity contribution is 5.94. The van der Waals surface area contributed by atoms with Crippen LogP contribution in [0.25, 0.3) is 0 Å². The Bertz CT molecular complexity index is 476. The third kappa shape index (κ3) is 4.23. The molecule has 0 saturated carbocycles. The first-order valence-electron chi connectivity index (χ1n) is 8.32. The summed E-state index contributed by atoms with van der Waals surface area (Å²) in [7, 11) is 0. The summed E-state index contributed by atoms with van der Waals surface area (Å²) in [5.41, 5.74) is 6.68. The van der Waals surface area contributed by atoms with Crippen LogP contribution in [0, 0.1) is 5.92 Å². The fourth-order valence-corrected chi connectivity index (χ4v) is 2.80. The Kier molecular flexibility index (Phi) is 5.83. The number of likely N-dealkylation sites (tertiary alicyclic amines) is 1. The van der Waals surface area contributed by atoms with Crippen molar-refractivity contribution in [2.24, 2.45) is 11.7 Å². The lowest BCUT2D eigenvalue weighted by molar-refractivity contribution is 0.0681. The molecule has 1 aromatic rings. The van der Waals surface area contributed by atoms with Gasteiger partial charge in [0.2, 0.25) is 0 Å². The maximum atomic E-state index is 12.5. The molecule has 2 atom stereocenters. The molecule has 122 valence electrons. The molecule has 2 unspecified atom stereocenters. The number of carbonyl (C=O) groups excluding carboxylic acids is 1. The Hall–Kier alpha value is -1.55. The minimum Gasteiger partial charge on any atom is -0.491 e. The summed E-state index contributed by atoms with van der Waals surface area (Å²) in [5, 5.41) is 0. The molecular weight excluding hydrogens is 276 g/mol. The first-order valence-corrected chi connectivity index (χ1v) is 8.32. The van der Waals surface area contributed by atoms with Gasteiger partial charge in [-0.05, 0) is 63.3 Å². The van der Waals surface area contributed by atoms with E-state index in [-0.39, 0.29) is 18.1 Å². The van der Waals surface area contributed by atoms with Crippen LogP contribution in [0.1, 0.15) is 50.4 Å². The monoisotopic (exact) mass is 304 g/mol. The largest absolute Gasteiger partial charge is 0.491 e. The Morgan fingerprint density at radius 3 is 2.36 bits per heavy atom. The predicted octanol–water partition coefficient (Wildman–Crippen LogP) is 3.06. The quantitative estimate of drug-likeness (QED) is 0.909. The third-order valence-electron chi connectivity index (χ3n) is 4.58. The Balaban J connectivity index is 1.93. The molecule has 4 heteroatoms. The number of ether oxygens (including phenoxy) is 1. The van der Waals surface area contributed by atoms with Crippen molar-refractivity contribution in [2.45, 2.75) is 52.2 Å². The van der Waals surface area contributed by atoms with Gasteiger partial charge in [-0.25, -0.2) is 0 Å². The van der Waals surface area contributed by atoms with Crippen LogP contribution in [0.2, 0.25) is 0 Å². The highest BCUT2D eigenvalue weighted by Crippen LogP contribution is 2.22. The molecule has 2 rings (SSSR count). The summed E-state index contributed by atoms with van der Waals surface area (Å²) in [5.74, 6) is 1.47. The molecule has 0 radical (unpaired) electrons. The zero-order valence-corrected chi connectivity index (χ0v) is 13.9. The average molecular weight is 304 g/mol. The summed E-state index contributed by atoms with van der Waals surface area (Å²) in [6, 6.07) is 7.70. The molecule has 1 fully saturated rings. The van der Waals surface area contributed by atoms with Crippen molar-refractivity contribution < 1.29 is 9.53 Å². The summed E-state index contributed by atoms with van der Waals surface area (Å²) < 4.78 is 5.75. The number of nitrogens with two attached hydrogens (primary N) is 1. The van der Waals surface area contributed by atoms with Crippen LogP contribution in [0.3, 0.4) is 0 Å². The Morgan fingerprint density at radius 1 is 1.27 bits per heavy atom. The molecule has 1 aliphatic rings. The van der Waals surface area contributed by atoms with Crippen LogP contribution < -0.4 is 10.5 Å². The van der Waals surface area contributed by atoms with E-state index in [2.05, 4.69) is 13.8 Å². The maximum absolute atomic E-state index is 12.5. The molecule has 0 bridgehead atoms. The van der Waals surface area contributed by atoms with Crippen LogP contribution >= 0.6 is 0 Å². The number of hydrogen-bond acceptors (Lipinski definition) is 3. The van der Waals surface area contributed by atoms with Crippen LogP contribution in [0.5, 0.6) is 5.75 Å². The molecule has 0 aliphatic carbocycles. The van der Waals surface area contributed by atoms with Crippen molar-refractivity contribution in [1.29, 1.82) is 0 Å². The standard InChI is InChI=1S/C18H28N2O2/c1-4-13(2)22-17-7-5-16(6-8-17)18(21)20-11-9-15(10-12-20)14(3)19/h5-8,13-15H,4,9-12,19H2,1-3H3. The van der Waals surface area contributed by atoms with Gasteiger partial charge in [-0.3, -0.25) is 4.79 Å². The van der Waals surface area contributed by atoms with Gasteiger partial charge in [0.05, 0.1) is 6.10 Å². The zero-order valence-electron chi connectivity index (χ0n) is 13.9. The molecule has 1 amide bonds.